The number of carboxylic acids is 1. The number of amides is 1. The Balaban J connectivity index is 0.00000243. The van der Waals surface area contributed by atoms with E-state index in [1.54, 1.807) is 0 Å². The summed E-state index contributed by atoms with van der Waals surface area (Å²) in [5.74, 6) is -0.973. The lowest BCUT2D eigenvalue weighted by molar-refractivity contribution is -0.139. The number of fused-ring (bicyclic) bond motifs is 3. The maximum atomic E-state index is 12.5. The second-order valence-electron chi connectivity index (χ2n) is 6.14. The Morgan fingerprint density at radius 3 is 2.77 bits per heavy atom. The number of aliphatic carboxylic acids is 1. The molecule has 1 aromatic carbocycles. The van der Waals surface area contributed by atoms with Gasteiger partial charge in [0.1, 0.15) is 6.04 Å². The van der Waals surface area contributed by atoms with E-state index in [1.165, 1.54) is 0 Å². The van der Waals surface area contributed by atoms with Gasteiger partial charge in [-0.05, 0) is 44.2 Å². The molecule has 1 heterocycles. The van der Waals surface area contributed by atoms with Gasteiger partial charge in [0.05, 0.1) is 0 Å². The normalized spacial score (nSPS) is 13.1. The first-order chi connectivity index (χ1) is 12.1. The van der Waals surface area contributed by atoms with Crippen LogP contribution < -0.4 is 11.1 Å². The van der Waals surface area contributed by atoms with Crippen LogP contribution in [0, 0.1) is 0 Å². The highest BCUT2D eigenvalue weighted by molar-refractivity contribution is 5.97. The summed E-state index contributed by atoms with van der Waals surface area (Å²) >= 11 is 0. The number of nitrogens with two attached hydrogens (primary N) is 1. The van der Waals surface area contributed by atoms with E-state index in [0.29, 0.717) is 31.6 Å². The average molecular weight is 380 g/mol. The molecule has 2 aromatic rings. The number of carbonyl (C=O) groups is 2. The van der Waals surface area contributed by atoms with Crippen molar-refractivity contribution in [2.24, 2.45) is 5.73 Å². The van der Waals surface area contributed by atoms with E-state index in [4.69, 9.17) is 10.3 Å². The van der Waals surface area contributed by atoms with Crippen molar-refractivity contribution in [3.8, 4) is 11.3 Å². The zero-order valence-corrected chi connectivity index (χ0v) is 15.1. The summed E-state index contributed by atoms with van der Waals surface area (Å²) in [7, 11) is 0. The zero-order valence-electron chi connectivity index (χ0n) is 14.2. The van der Waals surface area contributed by atoms with Gasteiger partial charge < -0.3 is 20.7 Å². The van der Waals surface area contributed by atoms with Crippen LogP contribution in [0.25, 0.3) is 11.3 Å². The van der Waals surface area contributed by atoms with Gasteiger partial charge in [0.15, 0.2) is 11.5 Å². The predicted octanol–water partition coefficient (Wildman–Crippen LogP) is 2.17. The lowest BCUT2D eigenvalue weighted by Gasteiger charge is -2.16. The number of aryl methyl sites for hydroxylation is 1. The van der Waals surface area contributed by atoms with Gasteiger partial charge in [-0.15, -0.1) is 12.4 Å². The van der Waals surface area contributed by atoms with Gasteiger partial charge in [-0.25, -0.2) is 4.79 Å². The van der Waals surface area contributed by atoms with E-state index < -0.39 is 17.9 Å². The maximum Gasteiger partial charge on any atom is 0.326 e. The van der Waals surface area contributed by atoms with E-state index in [2.05, 4.69) is 10.5 Å². The Labute approximate surface area is 157 Å². The Morgan fingerprint density at radius 1 is 1.27 bits per heavy atom. The molecule has 4 N–H and O–H groups in total. The maximum absolute atomic E-state index is 12.5. The van der Waals surface area contributed by atoms with Crippen molar-refractivity contribution < 1.29 is 19.2 Å². The molecular weight excluding hydrogens is 358 g/mol. The van der Waals surface area contributed by atoms with Crippen LogP contribution in [0.4, 0.5) is 0 Å². The second-order valence-corrected chi connectivity index (χ2v) is 6.14. The van der Waals surface area contributed by atoms with Crippen molar-refractivity contribution in [2.45, 2.75) is 38.1 Å². The number of hydrogen-bond acceptors (Lipinski definition) is 5. The highest BCUT2D eigenvalue weighted by atomic mass is 35.5. The highest BCUT2D eigenvalue weighted by Gasteiger charge is 2.29. The summed E-state index contributed by atoms with van der Waals surface area (Å²) in [6, 6.07) is 6.88. The van der Waals surface area contributed by atoms with Crippen LogP contribution in [0.5, 0.6) is 0 Å². The number of aromatic nitrogens is 1. The molecule has 0 saturated heterocycles. The number of unbranched alkanes of at least 4 members (excludes halogenated alkanes) is 1. The summed E-state index contributed by atoms with van der Waals surface area (Å²) in [6.07, 6.45) is 3.13. The molecule has 1 aromatic heterocycles. The van der Waals surface area contributed by atoms with Gasteiger partial charge in [-0.3, -0.25) is 4.79 Å². The van der Waals surface area contributed by atoms with Crippen LogP contribution in [-0.4, -0.2) is 34.7 Å². The molecule has 1 amide bonds. The van der Waals surface area contributed by atoms with E-state index in [-0.39, 0.29) is 18.1 Å². The van der Waals surface area contributed by atoms with Crippen molar-refractivity contribution in [2.75, 3.05) is 6.54 Å². The molecule has 0 saturated carbocycles. The van der Waals surface area contributed by atoms with Crippen molar-refractivity contribution in [1.29, 1.82) is 0 Å². The molecule has 3 rings (SSSR count). The molecule has 0 bridgehead atoms. The topological polar surface area (TPSA) is 118 Å². The fourth-order valence-corrected chi connectivity index (χ4v) is 3.13. The molecule has 0 unspecified atom stereocenters. The van der Waals surface area contributed by atoms with Crippen LogP contribution in [0.3, 0.4) is 0 Å². The van der Waals surface area contributed by atoms with Gasteiger partial charge in [0.2, 0.25) is 0 Å². The van der Waals surface area contributed by atoms with Crippen molar-refractivity contribution in [3.05, 3.63) is 41.1 Å². The van der Waals surface area contributed by atoms with Crippen LogP contribution in [0.1, 0.15) is 40.9 Å². The fraction of sp³-hybridized carbons (Fsp3) is 0.389. The van der Waals surface area contributed by atoms with Gasteiger partial charge in [0, 0.05) is 11.1 Å². The fourth-order valence-electron chi connectivity index (χ4n) is 3.13. The standard InChI is InChI=1S/C18H21N3O4.ClH/c19-10-4-3-7-14(18(23)24)20-17(22)15-13-9-8-11-5-1-2-6-12(11)16(13)25-21-15;/h1-2,5-6,14H,3-4,7-10,19H2,(H,20,22)(H,23,24);1H/t14-;/m0./s1. The number of benzene rings is 1. The van der Waals surface area contributed by atoms with Crippen LogP contribution in [-0.2, 0) is 17.6 Å². The van der Waals surface area contributed by atoms with E-state index >= 15 is 0 Å². The summed E-state index contributed by atoms with van der Waals surface area (Å²) in [4.78, 5) is 23.9. The minimum absolute atomic E-state index is 0. The largest absolute Gasteiger partial charge is 0.480 e. The molecule has 0 fully saturated rings. The molecule has 0 radical (unpaired) electrons. The molecule has 8 heteroatoms. The smallest absolute Gasteiger partial charge is 0.326 e. The molecule has 26 heavy (non-hydrogen) atoms. The van der Waals surface area contributed by atoms with Crippen LogP contribution >= 0.6 is 12.4 Å². The number of hydrogen-bond donors (Lipinski definition) is 3. The number of nitrogens with zero attached hydrogens (tertiary/aromatic N) is 1. The van der Waals surface area contributed by atoms with Gasteiger partial charge in [-0.1, -0.05) is 29.4 Å². The molecule has 0 spiro atoms. The highest BCUT2D eigenvalue weighted by Crippen LogP contribution is 2.35. The Kier molecular flexibility index (Phi) is 6.76. The summed E-state index contributed by atoms with van der Waals surface area (Å²) < 4.78 is 5.40. The van der Waals surface area contributed by atoms with E-state index in [0.717, 1.165) is 29.5 Å². The molecule has 1 atom stereocenters. The molecule has 1 aliphatic carbocycles. The van der Waals surface area contributed by atoms with E-state index in [1.807, 2.05) is 24.3 Å². The lowest BCUT2D eigenvalue weighted by Crippen LogP contribution is -2.41. The number of halogens is 1. The minimum atomic E-state index is -1.06. The predicted molar refractivity (Wildman–Crippen MR) is 98.4 cm³/mol. The van der Waals surface area contributed by atoms with Crippen molar-refractivity contribution in [1.82, 2.24) is 10.5 Å². The Hall–Kier alpha value is -2.38. The number of nitrogens with one attached hydrogen (secondary N) is 1. The number of rotatable bonds is 7. The molecule has 0 aliphatic heterocycles. The molecular formula is C18H22ClN3O4. The van der Waals surface area contributed by atoms with Gasteiger partial charge >= 0.3 is 5.97 Å². The third-order valence-electron chi connectivity index (χ3n) is 4.46. The lowest BCUT2D eigenvalue weighted by atomic mass is 9.89. The minimum Gasteiger partial charge on any atom is -0.480 e. The first-order valence-electron chi connectivity index (χ1n) is 8.42. The SMILES string of the molecule is Cl.NCCCC[C@H](NC(=O)c1noc2c1CCc1ccccc1-2)C(=O)O. The summed E-state index contributed by atoms with van der Waals surface area (Å²) in [5.41, 5.74) is 8.43. The monoisotopic (exact) mass is 379 g/mol. The summed E-state index contributed by atoms with van der Waals surface area (Å²) in [6.45, 7) is 0.497. The van der Waals surface area contributed by atoms with Gasteiger partial charge in [-0.2, -0.15) is 0 Å². The van der Waals surface area contributed by atoms with Crippen LogP contribution in [0.15, 0.2) is 28.8 Å². The number of carbonyl (C=O) groups excluding carboxylic acids is 1. The van der Waals surface area contributed by atoms with Crippen molar-refractivity contribution >= 4 is 24.3 Å². The summed E-state index contributed by atoms with van der Waals surface area (Å²) in [5, 5.41) is 15.8. The third-order valence-corrected chi connectivity index (χ3v) is 4.46. The molecule has 1 aliphatic rings. The van der Waals surface area contributed by atoms with E-state index in [9.17, 15) is 14.7 Å². The van der Waals surface area contributed by atoms with Crippen molar-refractivity contribution in [3.63, 3.8) is 0 Å². The molecule has 140 valence electrons. The zero-order chi connectivity index (χ0) is 17.8. The van der Waals surface area contributed by atoms with Crippen LogP contribution in [0.2, 0.25) is 0 Å². The second kappa shape index (κ2) is 8.82. The Bertz CT molecular complexity index is 790. The Morgan fingerprint density at radius 2 is 2.04 bits per heavy atom. The first kappa shape index (κ1) is 19.9. The molecule has 7 nitrogen and oxygen atoms in total. The quantitative estimate of drug-likeness (QED) is 0.634. The third kappa shape index (κ3) is 4.05. The van der Waals surface area contributed by atoms with Gasteiger partial charge in [0.25, 0.3) is 5.91 Å². The average Bonchev–Trinajstić information content (AvgIpc) is 3.05. The number of carboxylic acid groups (broad SMARTS) is 1. The first-order valence-corrected chi connectivity index (χ1v) is 8.42.